The van der Waals surface area contributed by atoms with Crippen LogP contribution < -0.4 is 14.8 Å². The van der Waals surface area contributed by atoms with Gasteiger partial charge in [-0.2, -0.15) is 13.2 Å². The lowest BCUT2D eigenvalue weighted by Gasteiger charge is -2.31. The molecule has 1 saturated heterocycles. The number of aliphatic hydroxyl groups is 1. The molecule has 3 aromatic heterocycles. The molecule has 59 heavy (non-hydrogen) atoms. The number of hydrogen-bond donors (Lipinski definition) is 2. The molecule has 2 aliphatic heterocycles. The first kappa shape index (κ1) is 41.5. The molecule has 2 aliphatic rings. The molecule has 5 aromatic rings. The molecule has 7 rings (SSSR count). The molecule has 0 bridgehead atoms. The van der Waals surface area contributed by atoms with E-state index in [1.807, 2.05) is 17.7 Å². The number of rotatable bonds is 19. The molecule has 2 atom stereocenters. The lowest BCUT2D eigenvalue weighted by molar-refractivity contribution is -0.141. The van der Waals surface area contributed by atoms with Crippen molar-refractivity contribution in [2.75, 3.05) is 66.1 Å². The van der Waals surface area contributed by atoms with E-state index in [1.54, 1.807) is 42.7 Å². The van der Waals surface area contributed by atoms with E-state index in [0.29, 0.717) is 43.3 Å². The number of carbonyl (C=O) groups excluding carboxylic acids is 3. The number of hydrogen-bond acceptors (Lipinski definition) is 12. The molecule has 3 amide bonds. The Morgan fingerprint density at radius 1 is 0.780 bits per heavy atom. The van der Waals surface area contributed by atoms with Gasteiger partial charge in [0.1, 0.15) is 25.0 Å². The number of aromatic nitrogens is 3. The monoisotopic (exact) mass is 821 g/mol. The topological polar surface area (TPSA) is 173 Å². The van der Waals surface area contributed by atoms with Crippen molar-refractivity contribution >= 4 is 39.5 Å². The minimum Gasteiger partial charge on any atom is -0.491 e. The standard InChI is InChI=1S/C41H42F3N5O10/c1-48-32-10-11-45-24-31(32)28-4-2-25(22-34(28)48)27-6-9-36(47-37(27)41(42,43)44)59-21-19-57-17-15-55-13-12-54-14-16-56-18-20-58-26-3-5-29-30(23-26)40(53)49(39(29)52)33-7-8-35(50)46-38(33)51/h2-6,9-11,22-24,33,40,53H,7-8,12-21H2,1H3,(H,46,50,51). The number of fused-ring (bicyclic) bond motifs is 4. The van der Waals surface area contributed by atoms with Crippen molar-refractivity contribution in [3.63, 3.8) is 0 Å². The summed E-state index contributed by atoms with van der Waals surface area (Å²) in [5, 5.41) is 14.8. The van der Waals surface area contributed by atoms with Crippen LogP contribution in [0.2, 0.25) is 0 Å². The van der Waals surface area contributed by atoms with Crippen molar-refractivity contribution < 1.29 is 61.1 Å². The van der Waals surface area contributed by atoms with Crippen LogP contribution in [0, 0.1) is 0 Å². The highest BCUT2D eigenvalue weighted by molar-refractivity contribution is 6.09. The number of nitrogens with zero attached hydrogens (tertiary/aromatic N) is 4. The highest BCUT2D eigenvalue weighted by Crippen LogP contribution is 2.40. The number of ether oxygens (including phenoxy) is 6. The van der Waals surface area contributed by atoms with Crippen molar-refractivity contribution in [3.05, 3.63) is 83.8 Å². The number of imide groups is 1. The second-order valence-electron chi connectivity index (χ2n) is 13.7. The van der Waals surface area contributed by atoms with Crippen molar-refractivity contribution in [1.29, 1.82) is 0 Å². The molecule has 0 saturated carbocycles. The number of nitrogens with one attached hydrogen (secondary N) is 1. The predicted molar refractivity (Wildman–Crippen MR) is 204 cm³/mol. The van der Waals surface area contributed by atoms with Gasteiger partial charge in [0.25, 0.3) is 5.91 Å². The van der Waals surface area contributed by atoms with Crippen LogP contribution in [0.4, 0.5) is 13.2 Å². The van der Waals surface area contributed by atoms with Crippen LogP contribution in [0.1, 0.15) is 40.7 Å². The molecule has 2 aromatic carbocycles. The van der Waals surface area contributed by atoms with Gasteiger partial charge in [0.05, 0.1) is 58.4 Å². The second-order valence-corrected chi connectivity index (χ2v) is 13.7. The summed E-state index contributed by atoms with van der Waals surface area (Å²) in [6.07, 6.45) is -2.42. The van der Waals surface area contributed by atoms with Gasteiger partial charge in [0, 0.05) is 64.9 Å². The normalized spacial score (nSPS) is 16.9. The molecule has 0 aliphatic carbocycles. The molecule has 2 N–H and O–H groups in total. The van der Waals surface area contributed by atoms with Crippen LogP contribution in [0.15, 0.2) is 67.0 Å². The summed E-state index contributed by atoms with van der Waals surface area (Å²) >= 11 is 0. The SMILES string of the molecule is Cn1c2ccncc2c2ccc(-c3ccc(OCCOCCOCCOCCOCCOc4ccc5c(c4)C(O)N(C4CCC(=O)NC4=O)C5=O)nc3C(F)(F)F)cc21. The van der Waals surface area contributed by atoms with Gasteiger partial charge in [0.2, 0.25) is 17.7 Å². The van der Waals surface area contributed by atoms with Crippen molar-refractivity contribution in [2.45, 2.75) is 31.3 Å². The van der Waals surface area contributed by atoms with Gasteiger partial charge in [-0.05, 0) is 48.4 Å². The highest BCUT2D eigenvalue weighted by Gasteiger charge is 2.44. The van der Waals surface area contributed by atoms with E-state index >= 15 is 0 Å². The Kier molecular flexibility index (Phi) is 13.0. The summed E-state index contributed by atoms with van der Waals surface area (Å²) < 4.78 is 77.5. The molecule has 0 spiro atoms. The fraction of sp³-hybridized carbons (Fsp3) is 0.390. The molecular formula is C41H42F3N5O10. The zero-order chi connectivity index (χ0) is 41.5. The fourth-order valence-electron chi connectivity index (χ4n) is 7.08. The van der Waals surface area contributed by atoms with Gasteiger partial charge in [0.15, 0.2) is 11.9 Å². The van der Waals surface area contributed by atoms with Gasteiger partial charge >= 0.3 is 6.18 Å². The number of benzene rings is 2. The fourth-order valence-corrected chi connectivity index (χ4v) is 7.08. The third-order valence-electron chi connectivity index (χ3n) is 9.92. The van der Waals surface area contributed by atoms with Crippen LogP contribution in [-0.2, 0) is 41.8 Å². The molecule has 18 heteroatoms. The Morgan fingerprint density at radius 3 is 2.12 bits per heavy atom. The van der Waals surface area contributed by atoms with E-state index in [0.717, 1.165) is 26.7 Å². The summed E-state index contributed by atoms with van der Waals surface area (Å²) in [4.78, 5) is 45.7. The summed E-state index contributed by atoms with van der Waals surface area (Å²) in [7, 11) is 1.86. The van der Waals surface area contributed by atoms with Crippen molar-refractivity contribution in [1.82, 2.24) is 24.8 Å². The number of alkyl halides is 3. The molecule has 15 nitrogen and oxygen atoms in total. The summed E-state index contributed by atoms with van der Waals surface area (Å²) in [5.74, 6) is -1.26. The maximum absolute atomic E-state index is 14.1. The highest BCUT2D eigenvalue weighted by atomic mass is 19.4. The molecule has 0 radical (unpaired) electrons. The summed E-state index contributed by atoms with van der Waals surface area (Å²) in [5.41, 5.74) is 1.58. The minimum absolute atomic E-state index is 0.00357. The Hall–Kier alpha value is -5.66. The second kappa shape index (κ2) is 18.5. The first-order valence-electron chi connectivity index (χ1n) is 19.0. The van der Waals surface area contributed by atoms with E-state index in [4.69, 9.17) is 28.4 Å². The number of pyridine rings is 2. The van der Waals surface area contributed by atoms with Crippen LogP contribution in [0.5, 0.6) is 11.6 Å². The molecule has 1 fully saturated rings. The molecule has 2 unspecified atom stereocenters. The number of piperidine rings is 1. The van der Waals surface area contributed by atoms with E-state index < -0.39 is 41.9 Å². The number of carbonyl (C=O) groups is 3. The Balaban J connectivity index is 0.733. The first-order valence-corrected chi connectivity index (χ1v) is 19.0. The average molecular weight is 822 g/mol. The van der Waals surface area contributed by atoms with Gasteiger partial charge in [-0.15, -0.1) is 0 Å². The number of aryl methyl sites for hydroxylation is 1. The first-order chi connectivity index (χ1) is 28.5. The lowest BCUT2D eigenvalue weighted by Crippen LogP contribution is -2.53. The molecule has 312 valence electrons. The van der Waals surface area contributed by atoms with Crippen molar-refractivity contribution in [3.8, 4) is 22.8 Å². The Bertz CT molecular complexity index is 2320. The number of amides is 3. The number of halogens is 3. The summed E-state index contributed by atoms with van der Waals surface area (Å²) in [6.45, 7) is 2.38. The summed E-state index contributed by atoms with van der Waals surface area (Å²) in [6, 6.07) is 13.6. The zero-order valence-corrected chi connectivity index (χ0v) is 32.0. The van der Waals surface area contributed by atoms with E-state index in [9.17, 15) is 32.7 Å². The largest absolute Gasteiger partial charge is 0.491 e. The smallest absolute Gasteiger partial charge is 0.434 e. The Morgan fingerprint density at radius 2 is 1.44 bits per heavy atom. The van der Waals surface area contributed by atoms with Gasteiger partial charge in [-0.3, -0.25) is 29.6 Å². The maximum Gasteiger partial charge on any atom is 0.434 e. The zero-order valence-electron chi connectivity index (χ0n) is 32.0. The molecular weight excluding hydrogens is 779 g/mol. The minimum atomic E-state index is -4.71. The van der Waals surface area contributed by atoms with Crippen LogP contribution in [0.25, 0.3) is 32.9 Å². The maximum atomic E-state index is 14.1. The number of aliphatic hydroxyl groups excluding tert-OH is 1. The van der Waals surface area contributed by atoms with Crippen LogP contribution in [-0.4, -0.2) is 114 Å². The predicted octanol–water partition coefficient (Wildman–Crippen LogP) is 4.58. The third kappa shape index (κ3) is 9.47. The Labute approximate surface area is 335 Å². The van der Waals surface area contributed by atoms with Gasteiger partial charge in [-0.25, -0.2) is 4.98 Å². The third-order valence-corrected chi connectivity index (χ3v) is 9.92. The van der Waals surface area contributed by atoms with Gasteiger partial charge in [-0.1, -0.05) is 12.1 Å². The quantitative estimate of drug-likeness (QED) is 0.0879. The van der Waals surface area contributed by atoms with Gasteiger partial charge < -0.3 is 38.1 Å². The lowest BCUT2D eigenvalue weighted by atomic mass is 10.0. The van der Waals surface area contributed by atoms with Crippen molar-refractivity contribution in [2.24, 2.45) is 7.05 Å². The average Bonchev–Trinajstić information content (AvgIpc) is 3.65. The van der Waals surface area contributed by atoms with E-state index in [-0.39, 0.29) is 69.5 Å². The van der Waals surface area contributed by atoms with E-state index in [2.05, 4.69) is 15.3 Å². The molecule has 5 heterocycles. The van der Waals surface area contributed by atoms with Crippen LogP contribution >= 0.6 is 0 Å². The van der Waals surface area contributed by atoms with Crippen LogP contribution in [0.3, 0.4) is 0 Å². The van der Waals surface area contributed by atoms with E-state index in [1.165, 1.54) is 18.2 Å².